The lowest BCUT2D eigenvalue weighted by molar-refractivity contribution is 0.102. The van der Waals surface area contributed by atoms with E-state index in [1.165, 1.54) is 0 Å². The van der Waals surface area contributed by atoms with Gasteiger partial charge in [-0.05, 0) is 18.2 Å². The van der Waals surface area contributed by atoms with Crippen LogP contribution in [0.2, 0.25) is 0 Å². The predicted molar refractivity (Wildman–Crippen MR) is 58.5 cm³/mol. The molecule has 0 fully saturated rings. The number of ether oxygens (including phenoxy) is 1. The van der Waals surface area contributed by atoms with Crippen molar-refractivity contribution in [1.29, 1.82) is 0 Å². The number of carbonyl (C=O) groups excluding carboxylic acids is 1. The summed E-state index contributed by atoms with van der Waals surface area (Å²) in [4.78, 5) is 19.8. The van der Waals surface area contributed by atoms with Gasteiger partial charge in [-0.2, -0.15) is 0 Å². The van der Waals surface area contributed by atoms with E-state index in [-0.39, 0.29) is 11.6 Å². The second-order valence-corrected chi connectivity index (χ2v) is 3.13. The summed E-state index contributed by atoms with van der Waals surface area (Å²) in [5.74, 6) is 0.622. The molecule has 4 heteroatoms. The molecular weight excluding hydrogens is 204 g/mol. The molecule has 80 valence electrons. The van der Waals surface area contributed by atoms with E-state index in [1.807, 2.05) is 0 Å². The van der Waals surface area contributed by atoms with Crippen LogP contribution in [-0.2, 0) is 0 Å². The molecule has 0 aliphatic carbocycles. The molecule has 1 aromatic heterocycles. The third-order valence-electron chi connectivity index (χ3n) is 2.10. The molecule has 4 nitrogen and oxygen atoms in total. The highest BCUT2D eigenvalue weighted by Gasteiger charge is 2.11. The van der Waals surface area contributed by atoms with Crippen molar-refractivity contribution in [3.05, 3.63) is 54.1 Å². The minimum absolute atomic E-state index is 0.191. The van der Waals surface area contributed by atoms with E-state index in [2.05, 4.69) is 9.97 Å². The van der Waals surface area contributed by atoms with Crippen molar-refractivity contribution < 1.29 is 9.53 Å². The van der Waals surface area contributed by atoms with Crippen molar-refractivity contribution in [3.63, 3.8) is 0 Å². The number of ketones is 1. The van der Waals surface area contributed by atoms with Gasteiger partial charge in [-0.3, -0.25) is 4.79 Å². The van der Waals surface area contributed by atoms with Crippen LogP contribution in [0.1, 0.15) is 16.2 Å². The van der Waals surface area contributed by atoms with Gasteiger partial charge in [0.1, 0.15) is 5.75 Å². The minimum atomic E-state index is -0.209. The average Bonchev–Trinajstić information content (AvgIpc) is 2.39. The molecule has 0 radical (unpaired) electrons. The molecule has 0 atom stereocenters. The van der Waals surface area contributed by atoms with E-state index in [1.54, 1.807) is 49.8 Å². The number of aromatic nitrogens is 2. The fraction of sp³-hybridized carbons (Fsp3) is 0.0833. The van der Waals surface area contributed by atoms with Gasteiger partial charge in [0.2, 0.25) is 11.6 Å². The summed E-state index contributed by atoms with van der Waals surface area (Å²) in [6.45, 7) is 0. The number of carbonyl (C=O) groups is 1. The maximum Gasteiger partial charge on any atom is 0.230 e. The van der Waals surface area contributed by atoms with Crippen LogP contribution in [0.4, 0.5) is 0 Å². The van der Waals surface area contributed by atoms with E-state index in [0.29, 0.717) is 11.3 Å². The van der Waals surface area contributed by atoms with Gasteiger partial charge < -0.3 is 4.74 Å². The SMILES string of the molecule is COc1cccc(C(=O)c2ncccn2)c1. The molecule has 0 amide bonds. The maximum absolute atomic E-state index is 11.9. The van der Waals surface area contributed by atoms with E-state index < -0.39 is 0 Å². The van der Waals surface area contributed by atoms with E-state index >= 15 is 0 Å². The summed E-state index contributed by atoms with van der Waals surface area (Å²) in [7, 11) is 1.56. The van der Waals surface area contributed by atoms with Crippen molar-refractivity contribution >= 4 is 5.78 Å². The highest BCUT2D eigenvalue weighted by atomic mass is 16.5. The predicted octanol–water partition coefficient (Wildman–Crippen LogP) is 1.72. The smallest absolute Gasteiger partial charge is 0.230 e. The van der Waals surface area contributed by atoms with Gasteiger partial charge in [0, 0.05) is 18.0 Å². The van der Waals surface area contributed by atoms with Crippen LogP contribution < -0.4 is 4.74 Å². The van der Waals surface area contributed by atoms with Crippen LogP contribution in [0.5, 0.6) is 5.75 Å². The summed E-state index contributed by atoms with van der Waals surface area (Å²) in [6.07, 6.45) is 3.08. The van der Waals surface area contributed by atoms with Crippen molar-refractivity contribution in [3.8, 4) is 5.75 Å². The molecule has 1 heterocycles. The zero-order valence-corrected chi connectivity index (χ0v) is 8.75. The van der Waals surface area contributed by atoms with Crippen molar-refractivity contribution in [1.82, 2.24) is 9.97 Å². The molecule has 2 rings (SSSR count). The van der Waals surface area contributed by atoms with Crippen LogP contribution >= 0.6 is 0 Å². The standard InChI is InChI=1S/C12H10N2O2/c1-16-10-5-2-4-9(8-10)11(15)12-13-6-3-7-14-12/h2-8H,1H3. The van der Waals surface area contributed by atoms with E-state index in [9.17, 15) is 4.79 Å². The molecule has 0 aliphatic heterocycles. The van der Waals surface area contributed by atoms with Crippen LogP contribution in [0.25, 0.3) is 0 Å². The van der Waals surface area contributed by atoms with Crippen molar-refractivity contribution in [2.45, 2.75) is 0 Å². The zero-order valence-electron chi connectivity index (χ0n) is 8.75. The Balaban J connectivity index is 2.34. The molecule has 0 bridgehead atoms. The normalized spacial score (nSPS) is 9.81. The largest absolute Gasteiger partial charge is 0.497 e. The first-order valence-corrected chi connectivity index (χ1v) is 4.77. The number of rotatable bonds is 3. The maximum atomic E-state index is 11.9. The van der Waals surface area contributed by atoms with Gasteiger partial charge in [0.15, 0.2) is 0 Å². The number of nitrogens with zero attached hydrogens (tertiary/aromatic N) is 2. The molecule has 16 heavy (non-hydrogen) atoms. The number of hydrogen-bond acceptors (Lipinski definition) is 4. The Labute approximate surface area is 92.9 Å². The molecule has 0 N–H and O–H groups in total. The lowest BCUT2D eigenvalue weighted by Crippen LogP contribution is -2.06. The molecule has 2 aromatic rings. The van der Waals surface area contributed by atoms with Gasteiger partial charge in [0.25, 0.3) is 0 Å². The minimum Gasteiger partial charge on any atom is -0.497 e. The first-order valence-electron chi connectivity index (χ1n) is 4.77. The number of methoxy groups -OCH3 is 1. The van der Waals surface area contributed by atoms with Crippen LogP contribution in [0.3, 0.4) is 0 Å². The molecular formula is C12H10N2O2. The van der Waals surface area contributed by atoms with Crippen molar-refractivity contribution in [2.75, 3.05) is 7.11 Å². The first-order chi connectivity index (χ1) is 7.81. The summed E-state index contributed by atoms with van der Waals surface area (Å²) in [5, 5.41) is 0. The Bertz CT molecular complexity index is 497. The van der Waals surface area contributed by atoms with Gasteiger partial charge in [-0.25, -0.2) is 9.97 Å². The highest BCUT2D eigenvalue weighted by molar-refractivity contribution is 6.06. The molecule has 0 saturated heterocycles. The molecule has 0 unspecified atom stereocenters. The summed E-state index contributed by atoms with van der Waals surface area (Å²) in [5.41, 5.74) is 0.519. The second kappa shape index (κ2) is 4.53. The van der Waals surface area contributed by atoms with E-state index in [4.69, 9.17) is 4.74 Å². The van der Waals surface area contributed by atoms with Gasteiger partial charge in [-0.1, -0.05) is 12.1 Å². The second-order valence-electron chi connectivity index (χ2n) is 3.13. The molecule has 1 aromatic carbocycles. The van der Waals surface area contributed by atoms with Gasteiger partial charge in [0.05, 0.1) is 7.11 Å². The fourth-order valence-electron chi connectivity index (χ4n) is 1.31. The first kappa shape index (κ1) is 10.3. The summed E-state index contributed by atoms with van der Waals surface area (Å²) in [6, 6.07) is 8.58. The topological polar surface area (TPSA) is 52.1 Å². The Kier molecular flexibility index (Phi) is 2.91. The Hall–Kier alpha value is -2.23. The molecule has 0 aliphatic rings. The number of hydrogen-bond donors (Lipinski definition) is 0. The Morgan fingerprint density at radius 2 is 1.94 bits per heavy atom. The summed E-state index contributed by atoms with van der Waals surface area (Å²) >= 11 is 0. The number of benzene rings is 1. The fourth-order valence-corrected chi connectivity index (χ4v) is 1.31. The van der Waals surface area contributed by atoms with Crippen LogP contribution in [0.15, 0.2) is 42.7 Å². The lowest BCUT2D eigenvalue weighted by atomic mass is 10.1. The average molecular weight is 214 g/mol. The molecule has 0 spiro atoms. The third-order valence-corrected chi connectivity index (χ3v) is 2.10. The zero-order chi connectivity index (χ0) is 11.4. The Morgan fingerprint density at radius 3 is 2.62 bits per heavy atom. The highest BCUT2D eigenvalue weighted by Crippen LogP contribution is 2.14. The quantitative estimate of drug-likeness (QED) is 0.730. The van der Waals surface area contributed by atoms with E-state index in [0.717, 1.165) is 0 Å². The molecule has 0 saturated carbocycles. The summed E-state index contributed by atoms with van der Waals surface area (Å²) < 4.78 is 5.05. The van der Waals surface area contributed by atoms with Gasteiger partial charge >= 0.3 is 0 Å². The van der Waals surface area contributed by atoms with Crippen molar-refractivity contribution in [2.24, 2.45) is 0 Å². The van der Waals surface area contributed by atoms with Crippen LogP contribution in [-0.4, -0.2) is 22.9 Å². The Morgan fingerprint density at radius 1 is 1.19 bits per heavy atom. The van der Waals surface area contributed by atoms with Crippen LogP contribution in [0, 0.1) is 0 Å². The van der Waals surface area contributed by atoms with Gasteiger partial charge in [-0.15, -0.1) is 0 Å². The third kappa shape index (κ3) is 2.06. The lowest BCUT2D eigenvalue weighted by Gasteiger charge is -2.02. The monoisotopic (exact) mass is 214 g/mol.